The van der Waals surface area contributed by atoms with Gasteiger partial charge in [0.1, 0.15) is 13.2 Å². The normalized spacial score (nSPS) is 22.6. The number of likely N-dealkylation sites (N-methyl/N-ethyl adjacent to an activating group) is 2. The van der Waals surface area contributed by atoms with Gasteiger partial charge in [0.05, 0.1) is 24.3 Å². The monoisotopic (exact) mass is 442 g/mol. The Morgan fingerprint density at radius 1 is 0.750 bits per heavy atom. The maximum absolute atomic E-state index is 12.7. The highest BCUT2D eigenvalue weighted by molar-refractivity contribution is 5.69. The Balaban J connectivity index is 1.64. The third-order valence-corrected chi connectivity index (χ3v) is 5.84. The molecule has 0 aliphatic heterocycles. The van der Waals surface area contributed by atoms with Gasteiger partial charge in [0.2, 0.25) is 0 Å². The molecule has 0 aromatic heterocycles. The summed E-state index contributed by atoms with van der Waals surface area (Å²) in [6.07, 6.45) is -2.93. The Morgan fingerprint density at radius 2 is 1.09 bits per heavy atom. The van der Waals surface area contributed by atoms with Gasteiger partial charge in [-0.3, -0.25) is 0 Å². The standard InChI is InChI=1S/C24H30N2O6/c1-25(23(29)31-15-17-9-5-3-6-10-17)19-13-21(27)22(28)14-20(19)26(2)24(30)32-16-18-11-7-4-8-12-18/h3-12,19-22,27-28H,13-16H2,1-2H3/t19-,20?,21-,22-/m0/s1. The molecule has 1 unspecified atom stereocenters. The number of amides is 2. The number of aliphatic hydroxyl groups is 2. The molecular formula is C24H30N2O6. The zero-order chi connectivity index (χ0) is 23.1. The van der Waals surface area contributed by atoms with Crippen LogP contribution >= 0.6 is 0 Å². The molecular weight excluding hydrogens is 412 g/mol. The number of benzene rings is 2. The first-order valence-electron chi connectivity index (χ1n) is 10.6. The number of aliphatic hydroxyl groups excluding tert-OH is 2. The molecule has 1 aliphatic carbocycles. The number of carbonyl (C=O) groups excluding carboxylic acids is 2. The molecule has 1 saturated carbocycles. The number of hydrogen-bond acceptors (Lipinski definition) is 6. The van der Waals surface area contributed by atoms with Crippen molar-refractivity contribution in [1.29, 1.82) is 0 Å². The van der Waals surface area contributed by atoms with Crippen LogP contribution in [0.4, 0.5) is 9.59 Å². The molecule has 0 radical (unpaired) electrons. The van der Waals surface area contributed by atoms with Crippen molar-refractivity contribution in [3.8, 4) is 0 Å². The Kier molecular flexibility index (Phi) is 8.08. The van der Waals surface area contributed by atoms with E-state index in [4.69, 9.17) is 9.47 Å². The Morgan fingerprint density at radius 3 is 1.44 bits per heavy atom. The summed E-state index contributed by atoms with van der Waals surface area (Å²) in [5.74, 6) is 0. The molecule has 8 nitrogen and oxygen atoms in total. The highest BCUT2D eigenvalue weighted by Gasteiger charge is 2.43. The molecule has 8 heteroatoms. The molecule has 0 spiro atoms. The second-order valence-electron chi connectivity index (χ2n) is 8.04. The van der Waals surface area contributed by atoms with E-state index in [-0.39, 0.29) is 26.1 Å². The molecule has 2 amide bonds. The second-order valence-corrected chi connectivity index (χ2v) is 8.04. The highest BCUT2D eigenvalue weighted by Crippen LogP contribution is 2.28. The third kappa shape index (κ3) is 5.99. The minimum atomic E-state index is -1.01. The van der Waals surface area contributed by atoms with E-state index in [9.17, 15) is 19.8 Å². The lowest BCUT2D eigenvalue weighted by Gasteiger charge is -2.44. The van der Waals surface area contributed by atoms with E-state index in [0.717, 1.165) is 11.1 Å². The highest BCUT2D eigenvalue weighted by atomic mass is 16.6. The van der Waals surface area contributed by atoms with Gasteiger partial charge in [-0.15, -0.1) is 0 Å². The summed E-state index contributed by atoms with van der Waals surface area (Å²) in [6.45, 7) is 0.225. The number of carbonyl (C=O) groups is 2. The average Bonchev–Trinajstić information content (AvgIpc) is 2.82. The fourth-order valence-corrected chi connectivity index (χ4v) is 3.87. The lowest BCUT2D eigenvalue weighted by atomic mass is 9.84. The van der Waals surface area contributed by atoms with E-state index < -0.39 is 36.5 Å². The molecule has 4 atom stereocenters. The van der Waals surface area contributed by atoms with Crippen LogP contribution in [0.5, 0.6) is 0 Å². The van der Waals surface area contributed by atoms with Gasteiger partial charge in [-0.25, -0.2) is 9.59 Å². The van der Waals surface area contributed by atoms with Gasteiger partial charge in [-0.05, 0) is 24.0 Å². The first-order chi connectivity index (χ1) is 15.4. The number of ether oxygens (including phenoxy) is 2. The van der Waals surface area contributed by atoms with Crippen LogP contribution in [0.15, 0.2) is 60.7 Å². The SMILES string of the molecule is CN(C(=O)OCc1ccccc1)C1C[C@H](O)[C@@H](O)C[C@@H]1N(C)C(=O)OCc1ccccc1. The average molecular weight is 443 g/mol. The fourth-order valence-electron chi connectivity index (χ4n) is 3.87. The largest absolute Gasteiger partial charge is 0.445 e. The van der Waals surface area contributed by atoms with Gasteiger partial charge in [0.25, 0.3) is 0 Å². The van der Waals surface area contributed by atoms with Crippen LogP contribution in [-0.4, -0.2) is 70.6 Å². The summed E-state index contributed by atoms with van der Waals surface area (Å²) >= 11 is 0. The van der Waals surface area contributed by atoms with Gasteiger partial charge in [-0.2, -0.15) is 0 Å². The van der Waals surface area contributed by atoms with Gasteiger partial charge in [0.15, 0.2) is 0 Å². The molecule has 3 rings (SSSR count). The van der Waals surface area contributed by atoms with Crippen molar-refractivity contribution in [2.24, 2.45) is 0 Å². The van der Waals surface area contributed by atoms with Gasteiger partial charge in [0, 0.05) is 14.1 Å². The predicted molar refractivity (Wildman–Crippen MR) is 118 cm³/mol. The lowest BCUT2D eigenvalue weighted by molar-refractivity contribution is -0.0636. The number of rotatable bonds is 6. The van der Waals surface area contributed by atoms with Crippen molar-refractivity contribution in [3.63, 3.8) is 0 Å². The van der Waals surface area contributed by atoms with E-state index >= 15 is 0 Å². The Labute approximate surface area is 188 Å². The van der Waals surface area contributed by atoms with Crippen LogP contribution in [0.1, 0.15) is 24.0 Å². The summed E-state index contributed by atoms with van der Waals surface area (Å²) in [4.78, 5) is 28.1. The smallest absolute Gasteiger partial charge is 0.410 e. The van der Waals surface area contributed by atoms with E-state index in [0.29, 0.717) is 0 Å². The van der Waals surface area contributed by atoms with E-state index in [2.05, 4.69) is 0 Å². The maximum atomic E-state index is 12.7. The zero-order valence-corrected chi connectivity index (χ0v) is 18.3. The van der Waals surface area contributed by atoms with E-state index in [1.807, 2.05) is 60.7 Å². The van der Waals surface area contributed by atoms with Crippen molar-refractivity contribution in [1.82, 2.24) is 9.80 Å². The Bertz CT molecular complexity index is 805. The fraction of sp³-hybridized carbons (Fsp3) is 0.417. The topological polar surface area (TPSA) is 99.5 Å². The van der Waals surface area contributed by atoms with Crippen LogP contribution in [-0.2, 0) is 22.7 Å². The zero-order valence-electron chi connectivity index (χ0n) is 18.3. The molecule has 2 aromatic rings. The molecule has 0 bridgehead atoms. The quantitative estimate of drug-likeness (QED) is 0.714. The van der Waals surface area contributed by atoms with Gasteiger partial charge < -0.3 is 29.5 Å². The van der Waals surface area contributed by atoms with Crippen LogP contribution < -0.4 is 0 Å². The summed E-state index contributed by atoms with van der Waals surface area (Å²) in [5.41, 5.74) is 1.71. The first-order valence-corrected chi connectivity index (χ1v) is 10.6. The summed E-state index contributed by atoms with van der Waals surface area (Å²) in [7, 11) is 3.14. The first kappa shape index (κ1) is 23.6. The van der Waals surface area contributed by atoms with Crippen LogP contribution in [0.2, 0.25) is 0 Å². The van der Waals surface area contributed by atoms with E-state index in [1.165, 1.54) is 9.80 Å². The van der Waals surface area contributed by atoms with E-state index in [1.54, 1.807) is 14.1 Å². The molecule has 0 saturated heterocycles. The van der Waals surface area contributed by atoms with Crippen LogP contribution in [0.25, 0.3) is 0 Å². The summed E-state index contributed by atoms with van der Waals surface area (Å²) < 4.78 is 10.8. The molecule has 2 aromatic carbocycles. The molecule has 0 heterocycles. The van der Waals surface area contributed by atoms with Crippen molar-refractivity contribution in [3.05, 3.63) is 71.8 Å². The molecule has 2 N–H and O–H groups in total. The predicted octanol–water partition coefficient (Wildman–Crippen LogP) is 2.78. The number of nitrogens with zero attached hydrogens (tertiary/aromatic N) is 2. The molecule has 32 heavy (non-hydrogen) atoms. The summed E-state index contributed by atoms with van der Waals surface area (Å²) in [6, 6.07) is 17.5. The second kappa shape index (κ2) is 11.0. The Hall–Kier alpha value is -3.10. The lowest BCUT2D eigenvalue weighted by Crippen LogP contribution is -2.59. The van der Waals surface area contributed by atoms with Crippen molar-refractivity contribution < 1.29 is 29.3 Å². The van der Waals surface area contributed by atoms with Crippen molar-refractivity contribution in [2.75, 3.05) is 14.1 Å². The third-order valence-electron chi connectivity index (χ3n) is 5.84. The summed E-state index contributed by atoms with van der Waals surface area (Å²) in [5, 5.41) is 20.4. The molecule has 1 aliphatic rings. The van der Waals surface area contributed by atoms with Crippen LogP contribution in [0.3, 0.4) is 0 Å². The van der Waals surface area contributed by atoms with Gasteiger partial charge >= 0.3 is 12.2 Å². The van der Waals surface area contributed by atoms with Crippen molar-refractivity contribution in [2.45, 2.75) is 50.3 Å². The van der Waals surface area contributed by atoms with Gasteiger partial charge in [-0.1, -0.05) is 60.7 Å². The molecule has 1 fully saturated rings. The van der Waals surface area contributed by atoms with Crippen molar-refractivity contribution >= 4 is 12.2 Å². The van der Waals surface area contributed by atoms with Crippen LogP contribution in [0, 0.1) is 0 Å². The minimum absolute atomic E-state index is 0.110. The minimum Gasteiger partial charge on any atom is -0.445 e. The molecule has 172 valence electrons. The maximum Gasteiger partial charge on any atom is 0.410 e. The number of hydrogen-bond donors (Lipinski definition) is 2.